The number of amides is 1. The molecule has 0 radical (unpaired) electrons. The van der Waals surface area contributed by atoms with Gasteiger partial charge in [-0.2, -0.15) is 0 Å². The monoisotopic (exact) mass is 503 g/mol. The molecule has 3 aromatic carbocycles. The standard InChI is InChI=1S/C29H26ClNO5/c1-29(2,3)20-9-5-18(6-10-20)25-24(26(32)19-7-11-21(30)12-8-19)27(33)28(34)31(25)15-17-4-13-22-23(14-17)36-16-35-22/h4-14,25,32H,15-16H2,1-3H3/b26-24+. The number of hydrogen-bond donors (Lipinski definition) is 1. The minimum atomic E-state index is -0.764. The van der Waals surface area contributed by atoms with Crippen LogP contribution in [0.4, 0.5) is 0 Å². The smallest absolute Gasteiger partial charge is 0.295 e. The molecule has 6 nitrogen and oxygen atoms in total. The van der Waals surface area contributed by atoms with Crippen molar-refractivity contribution in [1.82, 2.24) is 4.90 Å². The second-order valence-electron chi connectivity index (χ2n) is 9.99. The fourth-order valence-corrected chi connectivity index (χ4v) is 4.68. The van der Waals surface area contributed by atoms with Gasteiger partial charge < -0.3 is 19.5 Å². The van der Waals surface area contributed by atoms with Crippen LogP contribution in [0.5, 0.6) is 11.5 Å². The molecule has 2 aliphatic rings. The number of rotatable bonds is 4. The molecule has 2 heterocycles. The van der Waals surface area contributed by atoms with Crippen molar-refractivity contribution in [2.45, 2.75) is 38.8 Å². The number of carbonyl (C=O) groups is 2. The number of Topliss-reactive ketones (excluding diaryl/α,β-unsaturated/α-hetero) is 1. The number of hydrogen-bond acceptors (Lipinski definition) is 5. The van der Waals surface area contributed by atoms with Gasteiger partial charge in [0.05, 0.1) is 11.6 Å². The maximum Gasteiger partial charge on any atom is 0.295 e. The lowest BCUT2D eigenvalue weighted by Gasteiger charge is -2.26. The van der Waals surface area contributed by atoms with Crippen LogP contribution in [0.15, 0.2) is 72.3 Å². The third-order valence-corrected chi connectivity index (χ3v) is 6.79. The Bertz CT molecular complexity index is 1370. The molecule has 36 heavy (non-hydrogen) atoms. The minimum Gasteiger partial charge on any atom is -0.507 e. The third-order valence-electron chi connectivity index (χ3n) is 6.54. The van der Waals surface area contributed by atoms with Crippen LogP contribution in [0.25, 0.3) is 5.76 Å². The van der Waals surface area contributed by atoms with Crippen LogP contribution in [-0.4, -0.2) is 28.5 Å². The molecular formula is C29H26ClNO5. The Morgan fingerprint density at radius 2 is 1.64 bits per heavy atom. The highest BCUT2D eigenvalue weighted by Gasteiger charge is 2.46. The number of fused-ring (bicyclic) bond motifs is 1. The van der Waals surface area contributed by atoms with Crippen molar-refractivity contribution in [1.29, 1.82) is 0 Å². The highest BCUT2D eigenvalue weighted by molar-refractivity contribution is 6.46. The molecule has 1 N–H and O–H groups in total. The predicted molar refractivity (Wildman–Crippen MR) is 137 cm³/mol. The Balaban J connectivity index is 1.61. The fourth-order valence-electron chi connectivity index (χ4n) is 4.55. The van der Waals surface area contributed by atoms with Gasteiger partial charge in [0.1, 0.15) is 5.76 Å². The summed E-state index contributed by atoms with van der Waals surface area (Å²) in [7, 11) is 0. The molecule has 2 aliphatic heterocycles. The first-order valence-electron chi connectivity index (χ1n) is 11.7. The molecule has 1 atom stereocenters. The SMILES string of the molecule is CC(C)(C)c1ccc(C2/C(=C(\O)c3ccc(Cl)cc3)C(=O)C(=O)N2Cc2ccc3c(c2)OCO3)cc1. The maximum absolute atomic E-state index is 13.3. The Morgan fingerprint density at radius 3 is 2.31 bits per heavy atom. The van der Waals surface area contributed by atoms with Gasteiger partial charge in [-0.1, -0.05) is 62.7 Å². The molecule has 1 amide bonds. The summed E-state index contributed by atoms with van der Waals surface area (Å²) >= 11 is 6.01. The summed E-state index contributed by atoms with van der Waals surface area (Å²) in [5.74, 6) is -0.404. The van der Waals surface area contributed by atoms with Gasteiger partial charge >= 0.3 is 0 Å². The number of nitrogens with zero attached hydrogens (tertiary/aromatic N) is 1. The van der Waals surface area contributed by atoms with Gasteiger partial charge in [0.25, 0.3) is 11.7 Å². The van der Waals surface area contributed by atoms with Crippen molar-refractivity contribution >= 4 is 29.1 Å². The second kappa shape index (κ2) is 9.03. The summed E-state index contributed by atoms with van der Waals surface area (Å²) < 4.78 is 10.9. The van der Waals surface area contributed by atoms with E-state index < -0.39 is 17.7 Å². The number of aliphatic hydroxyl groups is 1. The van der Waals surface area contributed by atoms with E-state index in [-0.39, 0.29) is 30.1 Å². The molecule has 184 valence electrons. The van der Waals surface area contributed by atoms with Gasteiger partial charge in [0.2, 0.25) is 6.79 Å². The second-order valence-corrected chi connectivity index (χ2v) is 10.4. The number of likely N-dealkylation sites (tertiary alicyclic amines) is 1. The van der Waals surface area contributed by atoms with Crippen LogP contribution in [0, 0.1) is 0 Å². The van der Waals surface area contributed by atoms with Crippen molar-refractivity contribution in [3.63, 3.8) is 0 Å². The van der Waals surface area contributed by atoms with Crippen LogP contribution in [0.2, 0.25) is 5.02 Å². The lowest BCUT2D eigenvalue weighted by atomic mass is 9.85. The van der Waals surface area contributed by atoms with E-state index in [1.54, 1.807) is 36.4 Å². The maximum atomic E-state index is 13.3. The van der Waals surface area contributed by atoms with E-state index in [4.69, 9.17) is 21.1 Å². The van der Waals surface area contributed by atoms with Gasteiger partial charge in [0.15, 0.2) is 11.5 Å². The summed E-state index contributed by atoms with van der Waals surface area (Å²) in [5, 5.41) is 11.7. The van der Waals surface area contributed by atoms with Gasteiger partial charge in [-0.05, 0) is 58.5 Å². The molecule has 5 rings (SSSR count). The number of aliphatic hydroxyl groups excluding tert-OH is 1. The molecular weight excluding hydrogens is 478 g/mol. The van der Waals surface area contributed by atoms with Gasteiger partial charge in [-0.15, -0.1) is 0 Å². The first-order chi connectivity index (χ1) is 17.1. The zero-order valence-electron chi connectivity index (χ0n) is 20.2. The fraction of sp³-hybridized carbons (Fsp3) is 0.241. The molecule has 0 spiro atoms. The highest BCUT2D eigenvalue weighted by atomic mass is 35.5. The zero-order chi connectivity index (χ0) is 25.6. The third kappa shape index (κ3) is 4.33. The number of benzene rings is 3. The van der Waals surface area contributed by atoms with Gasteiger partial charge in [-0.25, -0.2) is 0 Å². The van der Waals surface area contributed by atoms with Crippen molar-refractivity contribution in [2.24, 2.45) is 0 Å². The van der Waals surface area contributed by atoms with Crippen molar-refractivity contribution < 1.29 is 24.2 Å². The molecule has 0 aliphatic carbocycles. The molecule has 7 heteroatoms. The van der Waals surface area contributed by atoms with Crippen LogP contribution in [0.1, 0.15) is 49.1 Å². The summed E-state index contributed by atoms with van der Waals surface area (Å²) in [6.45, 7) is 6.66. The van der Waals surface area contributed by atoms with E-state index in [2.05, 4.69) is 20.8 Å². The van der Waals surface area contributed by atoms with Crippen LogP contribution in [-0.2, 0) is 21.5 Å². The molecule has 0 bridgehead atoms. The van der Waals surface area contributed by atoms with Crippen LogP contribution in [0.3, 0.4) is 0 Å². The predicted octanol–water partition coefficient (Wildman–Crippen LogP) is 5.99. The topological polar surface area (TPSA) is 76.1 Å². The molecule has 1 fully saturated rings. The summed E-state index contributed by atoms with van der Waals surface area (Å²) in [6, 6.07) is 19.0. The summed E-state index contributed by atoms with van der Waals surface area (Å²) in [5.41, 5.74) is 3.04. The largest absolute Gasteiger partial charge is 0.507 e. The Kier molecular flexibility index (Phi) is 6.00. The minimum absolute atomic E-state index is 0.0478. The van der Waals surface area contributed by atoms with Crippen LogP contribution < -0.4 is 9.47 Å². The zero-order valence-corrected chi connectivity index (χ0v) is 21.0. The molecule has 1 saturated heterocycles. The molecule has 1 unspecified atom stereocenters. The van der Waals surface area contributed by atoms with E-state index >= 15 is 0 Å². The lowest BCUT2D eigenvalue weighted by Crippen LogP contribution is -2.29. The molecule has 3 aromatic rings. The summed E-state index contributed by atoms with van der Waals surface area (Å²) in [4.78, 5) is 28.1. The summed E-state index contributed by atoms with van der Waals surface area (Å²) in [6.07, 6.45) is 0. The van der Waals surface area contributed by atoms with Gasteiger partial charge in [-0.3, -0.25) is 9.59 Å². The number of halogens is 1. The van der Waals surface area contributed by atoms with E-state index in [0.717, 1.165) is 16.7 Å². The average Bonchev–Trinajstić information content (AvgIpc) is 3.41. The Labute approximate surface area is 214 Å². The Morgan fingerprint density at radius 1 is 0.972 bits per heavy atom. The van der Waals surface area contributed by atoms with E-state index in [0.29, 0.717) is 22.1 Å². The van der Waals surface area contributed by atoms with E-state index in [9.17, 15) is 14.7 Å². The number of carbonyl (C=O) groups excluding carboxylic acids is 2. The van der Waals surface area contributed by atoms with E-state index in [1.165, 1.54) is 4.90 Å². The average molecular weight is 504 g/mol. The van der Waals surface area contributed by atoms with Crippen molar-refractivity contribution in [2.75, 3.05) is 6.79 Å². The normalized spacial score (nSPS) is 18.7. The lowest BCUT2D eigenvalue weighted by molar-refractivity contribution is -0.140. The number of ketones is 1. The van der Waals surface area contributed by atoms with Gasteiger partial charge in [0, 0.05) is 17.1 Å². The first-order valence-corrected chi connectivity index (χ1v) is 12.0. The number of ether oxygens (including phenoxy) is 2. The quantitative estimate of drug-likeness (QED) is 0.269. The molecule has 0 saturated carbocycles. The Hall–Kier alpha value is -3.77. The van der Waals surface area contributed by atoms with Crippen molar-refractivity contribution in [3.05, 3.63) is 99.6 Å². The first kappa shape index (κ1) is 23.9. The van der Waals surface area contributed by atoms with Crippen molar-refractivity contribution in [3.8, 4) is 11.5 Å². The van der Waals surface area contributed by atoms with Crippen LogP contribution >= 0.6 is 11.6 Å². The molecule has 0 aromatic heterocycles. The van der Waals surface area contributed by atoms with E-state index in [1.807, 2.05) is 30.3 Å². The highest BCUT2D eigenvalue weighted by Crippen LogP contribution is 2.42.